The van der Waals surface area contributed by atoms with Crippen LogP contribution in [0.15, 0.2) is 36.5 Å². The summed E-state index contributed by atoms with van der Waals surface area (Å²) in [5, 5.41) is 22.9. The summed E-state index contributed by atoms with van der Waals surface area (Å²) in [5.41, 5.74) is -4.21. The Balaban J connectivity index is 1.45. The summed E-state index contributed by atoms with van der Waals surface area (Å²) in [6.07, 6.45) is 8.25. The van der Waals surface area contributed by atoms with Crippen molar-refractivity contribution < 1.29 is 43.4 Å². The molecule has 2 N–H and O–H groups in total. The van der Waals surface area contributed by atoms with Crippen molar-refractivity contribution in [3.05, 3.63) is 36.5 Å². The number of aliphatic hydroxyl groups is 2. The minimum atomic E-state index is -1.77. The number of hydrogen-bond donors (Lipinski definition) is 2. The third-order valence-corrected chi connectivity index (χ3v) is 11.6. The van der Waals surface area contributed by atoms with E-state index in [9.17, 15) is 15.0 Å². The Kier molecular flexibility index (Phi) is 4.67. The van der Waals surface area contributed by atoms with E-state index < -0.39 is 76.9 Å². The van der Waals surface area contributed by atoms with Gasteiger partial charge in [0, 0.05) is 31.1 Å². The van der Waals surface area contributed by atoms with Crippen molar-refractivity contribution in [1.82, 2.24) is 0 Å². The monoisotopic (exact) mass is 542 g/mol. The maximum atomic E-state index is 14.0. The highest BCUT2D eigenvalue weighted by molar-refractivity contribution is 5.85. The van der Waals surface area contributed by atoms with Crippen LogP contribution in [0.5, 0.6) is 0 Å². The number of hydrogen-bond acceptors (Lipinski definition) is 9. The fraction of sp³-hybridized carbons (Fsp3) is 0.767. The maximum Gasteiger partial charge on any atom is 0.344 e. The Morgan fingerprint density at radius 1 is 1.08 bits per heavy atom. The number of allylic oxidation sites excluding steroid dienone is 3. The fourth-order valence-electron chi connectivity index (χ4n) is 10.1. The lowest BCUT2D eigenvalue weighted by Gasteiger charge is -2.61. The summed E-state index contributed by atoms with van der Waals surface area (Å²) in [7, 11) is 0. The first-order valence-electron chi connectivity index (χ1n) is 14.4. The molecule has 0 amide bonds. The van der Waals surface area contributed by atoms with Crippen molar-refractivity contribution in [2.24, 2.45) is 29.6 Å². The topological polar surface area (TPSA) is 116 Å². The van der Waals surface area contributed by atoms with Gasteiger partial charge in [-0.1, -0.05) is 44.7 Å². The average molecular weight is 543 g/mol. The van der Waals surface area contributed by atoms with Gasteiger partial charge in [-0.15, -0.1) is 0 Å². The molecule has 0 aromatic carbocycles. The molecule has 6 aliphatic heterocycles. The van der Waals surface area contributed by atoms with Gasteiger partial charge in [0.2, 0.25) is 11.4 Å². The SMILES string of the molecule is C=C(C)[C@]12C[C@@H](C)[C@]34OC5(C/C=C/C/C=C\C[C@@H](C)[C@@H]6[C@@H]3[C@]3(O[C@]6(C)OC3=O)[C@H](O)[C@@]3(CO)O[C@H]3[C@H]4[C@H]1O5)O2. The highest BCUT2D eigenvalue weighted by Crippen LogP contribution is 2.77. The van der Waals surface area contributed by atoms with Gasteiger partial charge in [-0.3, -0.25) is 0 Å². The van der Waals surface area contributed by atoms with E-state index >= 15 is 0 Å². The van der Waals surface area contributed by atoms with Gasteiger partial charge in [0.15, 0.2) is 0 Å². The molecule has 8 aliphatic rings. The zero-order valence-corrected chi connectivity index (χ0v) is 22.9. The van der Waals surface area contributed by atoms with Crippen LogP contribution in [0.3, 0.4) is 0 Å². The summed E-state index contributed by atoms with van der Waals surface area (Å²) >= 11 is 0. The van der Waals surface area contributed by atoms with Crippen LogP contribution in [0, 0.1) is 29.6 Å². The smallest absolute Gasteiger partial charge is 0.344 e. The van der Waals surface area contributed by atoms with E-state index in [0.717, 1.165) is 18.4 Å². The number of esters is 1. The molecular weight excluding hydrogens is 504 g/mol. The fourth-order valence-corrected chi connectivity index (χ4v) is 10.1. The number of epoxide rings is 1. The second-order valence-electron chi connectivity index (χ2n) is 13.5. The van der Waals surface area contributed by atoms with E-state index in [-0.39, 0.29) is 17.8 Å². The van der Waals surface area contributed by atoms with Crippen LogP contribution < -0.4 is 0 Å². The van der Waals surface area contributed by atoms with Crippen molar-refractivity contribution in [3.63, 3.8) is 0 Å². The normalized spacial score (nSPS) is 63.2. The number of carbonyl (C=O) groups is 1. The average Bonchev–Trinajstić information content (AvgIpc) is 3.39. The molecule has 5 saturated heterocycles. The molecule has 39 heavy (non-hydrogen) atoms. The summed E-state index contributed by atoms with van der Waals surface area (Å²) in [6, 6.07) is 0. The van der Waals surface area contributed by atoms with Crippen LogP contribution in [-0.4, -0.2) is 75.3 Å². The Morgan fingerprint density at radius 2 is 1.85 bits per heavy atom. The van der Waals surface area contributed by atoms with E-state index in [4.69, 9.17) is 28.4 Å². The third kappa shape index (κ3) is 2.53. The quantitative estimate of drug-likeness (QED) is 0.308. The van der Waals surface area contributed by atoms with Crippen LogP contribution in [0.4, 0.5) is 0 Å². The summed E-state index contributed by atoms with van der Waals surface area (Å²) in [4.78, 5) is 14.0. The van der Waals surface area contributed by atoms with E-state index in [2.05, 4.69) is 38.7 Å². The Morgan fingerprint density at radius 3 is 2.59 bits per heavy atom. The first-order chi connectivity index (χ1) is 18.5. The third-order valence-electron chi connectivity index (χ3n) is 11.6. The molecule has 9 nitrogen and oxygen atoms in total. The van der Waals surface area contributed by atoms with Gasteiger partial charge in [-0.25, -0.2) is 4.79 Å². The highest BCUT2D eigenvalue weighted by Gasteiger charge is 2.93. The molecule has 2 aliphatic carbocycles. The zero-order valence-electron chi connectivity index (χ0n) is 22.9. The van der Waals surface area contributed by atoms with Crippen LogP contribution in [-0.2, 0) is 33.2 Å². The molecular formula is C30H38O9. The van der Waals surface area contributed by atoms with E-state index in [1.807, 2.05) is 13.0 Å². The van der Waals surface area contributed by atoms with Crippen LogP contribution in [0.2, 0.25) is 0 Å². The van der Waals surface area contributed by atoms with Crippen molar-refractivity contribution in [3.8, 4) is 0 Å². The van der Waals surface area contributed by atoms with Crippen LogP contribution in [0.25, 0.3) is 0 Å². The standard InChI is InChI=1S/C30H38O9/c1-15(2)26-13-17(4)29-19-21(26)35-28(38-26,39-29)12-10-8-6-7-9-11-16(3)18-20(29)30(24(33)36-25(18,5)37-30)23(32)27(14-31)22(19)34-27/h7-10,16-23,31-32H,1,6,11-14H2,2-5H3/b9-7-,10-8+/t16-,17-,18-,19-,20+,21-,22+,23-,25+,26-,27+,28?,29-,30+/m1/s1. The minimum Gasteiger partial charge on any atom is -0.431 e. The Hall–Kier alpha value is -1.59. The first-order valence-corrected chi connectivity index (χ1v) is 14.4. The van der Waals surface area contributed by atoms with Gasteiger partial charge in [-0.05, 0) is 43.6 Å². The molecule has 7 fully saturated rings. The predicted octanol–water partition coefficient (Wildman–Crippen LogP) is 2.51. The molecule has 9 heteroatoms. The highest BCUT2D eigenvalue weighted by atomic mass is 16.9. The van der Waals surface area contributed by atoms with E-state index in [1.54, 1.807) is 6.92 Å². The van der Waals surface area contributed by atoms with Gasteiger partial charge in [0.25, 0.3) is 5.97 Å². The molecule has 14 atom stereocenters. The minimum absolute atomic E-state index is 0.0274. The van der Waals surface area contributed by atoms with Crippen LogP contribution in [0.1, 0.15) is 53.4 Å². The second-order valence-corrected chi connectivity index (χ2v) is 13.5. The zero-order chi connectivity index (χ0) is 27.4. The lowest BCUT2D eigenvalue weighted by atomic mass is 9.50. The van der Waals surface area contributed by atoms with Crippen molar-refractivity contribution in [1.29, 1.82) is 0 Å². The van der Waals surface area contributed by atoms with Crippen molar-refractivity contribution in [2.75, 3.05) is 6.61 Å². The second kappa shape index (κ2) is 7.24. The largest absolute Gasteiger partial charge is 0.431 e. The molecule has 3 spiro atoms. The molecule has 0 aromatic rings. The molecule has 212 valence electrons. The van der Waals surface area contributed by atoms with Gasteiger partial charge in [0.1, 0.15) is 29.5 Å². The predicted molar refractivity (Wildman–Crippen MR) is 135 cm³/mol. The van der Waals surface area contributed by atoms with Crippen molar-refractivity contribution >= 4 is 5.97 Å². The summed E-state index contributed by atoms with van der Waals surface area (Å²) in [6.45, 7) is 11.9. The number of fused-ring (bicyclic) bond motifs is 3. The van der Waals surface area contributed by atoms with E-state index in [0.29, 0.717) is 12.8 Å². The molecule has 1 unspecified atom stereocenters. The molecule has 0 radical (unpaired) electrons. The number of aliphatic hydroxyl groups excluding tert-OH is 2. The molecule has 0 aromatic heterocycles. The lowest BCUT2D eigenvalue weighted by molar-refractivity contribution is -0.431. The summed E-state index contributed by atoms with van der Waals surface area (Å²) < 4.78 is 39.9. The Bertz CT molecular complexity index is 1230. The summed E-state index contributed by atoms with van der Waals surface area (Å²) in [5.74, 6) is -4.74. The first kappa shape index (κ1) is 25.1. The van der Waals surface area contributed by atoms with Gasteiger partial charge in [-0.2, -0.15) is 0 Å². The van der Waals surface area contributed by atoms with Crippen LogP contribution >= 0.6 is 0 Å². The lowest BCUT2D eigenvalue weighted by Crippen LogP contribution is -2.75. The van der Waals surface area contributed by atoms with Gasteiger partial charge in [0.05, 0.1) is 12.2 Å². The number of carbonyl (C=O) groups excluding carboxylic acids is 1. The maximum absolute atomic E-state index is 14.0. The Labute approximate surface area is 228 Å². The van der Waals surface area contributed by atoms with Gasteiger partial charge < -0.3 is 38.6 Å². The van der Waals surface area contributed by atoms with E-state index in [1.165, 1.54) is 0 Å². The van der Waals surface area contributed by atoms with Gasteiger partial charge >= 0.3 is 5.97 Å². The number of rotatable bonds is 2. The molecule has 2 saturated carbocycles. The number of ether oxygens (including phenoxy) is 6. The molecule has 8 rings (SSSR count). The molecule has 6 heterocycles. The molecule has 5 bridgehead atoms. The van der Waals surface area contributed by atoms with Crippen molar-refractivity contribution in [2.45, 2.75) is 106 Å².